The number of primary amides is 1. The van der Waals surface area contributed by atoms with Gasteiger partial charge in [0.15, 0.2) is 6.61 Å². The molecule has 1 aromatic heterocycles. The predicted molar refractivity (Wildman–Crippen MR) is 130 cm³/mol. The molecule has 1 aliphatic heterocycles. The van der Waals surface area contributed by atoms with Crippen molar-refractivity contribution in [2.75, 3.05) is 17.2 Å². The van der Waals surface area contributed by atoms with Gasteiger partial charge in [-0.3, -0.25) is 14.2 Å². The lowest BCUT2D eigenvalue weighted by molar-refractivity contribution is -0.120. The van der Waals surface area contributed by atoms with Crippen molar-refractivity contribution < 1.29 is 14.3 Å². The fraction of sp³-hybridized carbons (Fsp3) is 0.115. The second kappa shape index (κ2) is 8.74. The summed E-state index contributed by atoms with van der Waals surface area (Å²) in [5, 5.41) is 6.31. The Morgan fingerprint density at radius 3 is 2.47 bits per heavy atom. The summed E-state index contributed by atoms with van der Waals surface area (Å²) in [6.45, 7) is 1.67. The molecule has 1 atom stereocenters. The third kappa shape index (κ3) is 3.97. The Balaban J connectivity index is 1.59. The number of fused-ring (bicyclic) bond motifs is 3. The van der Waals surface area contributed by atoms with E-state index in [9.17, 15) is 9.59 Å². The number of carbonyl (C=O) groups excluding carboxylic acids is 2. The van der Waals surface area contributed by atoms with Crippen LogP contribution in [0.2, 0.25) is 0 Å². The van der Waals surface area contributed by atoms with Gasteiger partial charge in [-0.15, -0.1) is 0 Å². The number of imidazole rings is 1. The number of nitrogens with zero attached hydrogens (tertiary/aromatic N) is 2. The lowest BCUT2D eigenvalue weighted by Crippen LogP contribution is -2.30. The normalized spacial score (nSPS) is 14.9. The molecule has 4 N–H and O–H groups in total. The molecule has 0 bridgehead atoms. The molecule has 2 heterocycles. The highest BCUT2D eigenvalue weighted by Gasteiger charge is 2.34. The first-order valence-corrected chi connectivity index (χ1v) is 10.8. The van der Waals surface area contributed by atoms with Crippen molar-refractivity contribution in [1.29, 1.82) is 0 Å². The second-order valence-corrected chi connectivity index (χ2v) is 8.00. The van der Waals surface area contributed by atoms with Gasteiger partial charge in [0.25, 0.3) is 11.8 Å². The number of nitrogens with one attached hydrogen (secondary N) is 2. The summed E-state index contributed by atoms with van der Waals surface area (Å²) in [6.07, 6.45) is 0. The summed E-state index contributed by atoms with van der Waals surface area (Å²) in [5.41, 5.74) is 9.79. The summed E-state index contributed by atoms with van der Waals surface area (Å²) in [7, 11) is 0. The van der Waals surface area contributed by atoms with Crippen LogP contribution in [0.1, 0.15) is 18.5 Å². The fourth-order valence-corrected chi connectivity index (χ4v) is 4.19. The van der Waals surface area contributed by atoms with Gasteiger partial charge in [-0.25, -0.2) is 4.98 Å². The molecule has 5 rings (SSSR count). The van der Waals surface area contributed by atoms with Gasteiger partial charge in [0, 0.05) is 11.4 Å². The van der Waals surface area contributed by atoms with Crippen LogP contribution in [0, 0.1) is 0 Å². The Labute approximate surface area is 196 Å². The van der Waals surface area contributed by atoms with Crippen LogP contribution < -0.4 is 21.1 Å². The van der Waals surface area contributed by atoms with Crippen molar-refractivity contribution in [3.63, 3.8) is 0 Å². The smallest absolute Gasteiger partial charge is 0.255 e. The number of rotatable bonds is 6. The van der Waals surface area contributed by atoms with Crippen molar-refractivity contribution in [2.24, 2.45) is 5.73 Å². The van der Waals surface area contributed by atoms with Crippen molar-refractivity contribution in [3.8, 4) is 5.75 Å². The monoisotopic (exact) mass is 453 g/mol. The largest absolute Gasteiger partial charge is 0.484 e. The minimum atomic E-state index is -0.546. The summed E-state index contributed by atoms with van der Waals surface area (Å²) >= 11 is 0. The number of ether oxygens (including phenoxy) is 1. The molecule has 8 heteroatoms. The first kappa shape index (κ1) is 21.3. The van der Waals surface area contributed by atoms with Crippen LogP contribution in [0.5, 0.6) is 5.75 Å². The van der Waals surface area contributed by atoms with Crippen molar-refractivity contribution in [1.82, 2.24) is 9.55 Å². The first-order valence-electron chi connectivity index (χ1n) is 10.8. The molecule has 8 nitrogen and oxygen atoms in total. The number of aromatic nitrogens is 2. The third-order valence-electron chi connectivity index (χ3n) is 5.68. The van der Waals surface area contributed by atoms with Crippen LogP contribution in [0.15, 0.2) is 90.1 Å². The second-order valence-electron chi connectivity index (χ2n) is 8.00. The Bertz CT molecular complexity index is 1410. The highest BCUT2D eigenvalue weighted by atomic mass is 16.5. The summed E-state index contributed by atoms with van der Waals surface area (Å²) in [6, 6.07) is 24.0. The standard InChI is InChI=1S/C26H23N5O3/c1-16-23(25(33)29-18-7-3-2-4-8-18)24(17-11-13-19(14-12-17)34-15-22(27)32)31-21-10-6-5-9-20(21)30-26(31)28-16/h2-14,24H,15H2,1H3,(H2,27,32)(H,28,30)(H,29,33)/t24-/m0/s1. The van der Waals surface area contributed by atoms with Gasteiger partial charge >= 0.3 is 0 Å². The van der Waals surface area contributed by atoms with Crippen LogP contribution >= 0.6 is 0 Å². The van der Waals surface area contributed by atoms with Crippen LogP contribution in [-0.2, 0) is 9.59 Å². The van der Waals surface area contributed by atoms with Gasteiger partial charge < -0.3 is 21.1 Å². The fourth-order valence-electron chi connectivity index (χ4n) is 4.19. The maximum absolute atomic E-state index is 13.6. The van der Waals surface area contributed by atoms with Crippen molar-refractivity contribution >= 4 is 34.5 Å². The number of anilines is 2. The molecule has 0 fully saturated rings. The minimum Gasteiger partial charge on any atom is -0.484 e. The van der Waals surface area contributed by atoms with Crippen LogP contribution in [0.4, 0.5) is 11.6 Å². The van der Waals surface area contributed by atoms with E-state index in [2.05, 4.69) is 10.6 Å². The number of benzene rings is 3. The summed E-state index contributed by atoms with van der Waals surface area (Å²) in [4.78, 5) is 29.3. The number of allylic oxidation sites excluding steroid dienone is 1. The zero-order valence-electron chi connectivity index (χ0n) is 18.5. The SMILES string of the molecule is CC1=C(C(=O)Nc2ccccc2)[C@H](c2ccc(OCC(N)=O)cc2)n2c(nc3ccccc32)N1. The first-order chi connectivity index (χ1) is 16.5. The lowest BCUT2D eigenvalue weighted by Gasteiger charge is -2.30. The molecule has 0 spiro atoms. The Kier molecular flexibility index (Phi) is 5.47. The molecule has 1 aliphatic rings. The lowest BCUT2D eigenvalue weighted by atomic mass is 9.94. The van der Waals surface area contributed by atoms with Crippen LogP contribution in [0.25, 0.3) is 11.0 Å². The maximum Gasteiger partial charge on any atom is 0.255 e. The van der Waals surface area contributed by atoms with Gasteiger partial charge in [0.2, 0.25) is 5.95 Å². The van der Waals surface area contributed by atoms with Gasteiger partial charge in [-0.1, -0.05) is 42.5 Å². The van der Waals surface area contributed by atoms with E-state index in [4.69, 9.17) is 15.5 Å². The van der Waals surface area contributed by atoms with Gasteiger partial charge in [-0.05, 0) is 48.9 Å². The van der Waals surface area contributed by atoms with E-state index in [0.717, 1.165) is 22.3 Å². The number of amides is 2. The number of hydrogen-bond acceptors (Lipinski definition) is 5. The molecule has 0 aliphatic carbocycles. The average molecular weight is 454 g/mol. The summed E-state index contributed by atoms with van der Waals surface area (Å²) < 4.78 is 7.44. The van der Waals surface area contributed by atoms with E-state index in [1.54, 1.807) is 12.1 Å². The van der Waals surface area contributed by atoms with E-state index < -0.39 is 11.9 Å². The van der Waals surface area contributed by atoms with Crippen molar-refractivity contribution in [2.45, 2.75) is 13.0 Å². The Morgan fingerprint density at radius 2 is 1.74 bits per heavy atom. The van der Waals surface area contributed by atoms with E-state index in [1.807, 2.05) is 78.2 Å². The average Bonchev–Trinajstić information content (AvgIpc) is 3.20. The summed E-state index contributed by atoms with van der Waals surface area (Å²) in [5.74, 6) is 0.422. The highest BCUT2D eigenvalue weighted by Crippen LogP contribution is 2.39. The number of nitrogens with two attached hydrogens (primary N) is 1. The highest BCUT2D eigenvalue weighted by molar-refractivity contribution is 6.06. The molecule has 4 aromatic rings. The van der Waals surface area contributed by atoms with Gasteiger partial charge in [0.1, 0.15) is 5.75 Å². The van der Waals surface area contributed by atoms with E-state index >= 15 is 0 Å². The quantitative estimate of drug-likeness (QED) is 0.411. The molecule has 170 valence electrons. The topological polar surface area (TPSA) is 111 Å². The van der Waals surface area contributed by atoms with E-state index in [1.165, 1.54) is 0 Å². The van der Waals surface area contributed by atoms with Gasteiger partial charge in [0.05, 0.1) is 22.6 Å². The molecular formula is C26H23N5O3. The van der Waals surface area contributed by atoms with Crippen LogP contribution in [0.3, 0.4) is 0 Å². The zero-order chi connectivity index (χ0) is 23.7. The molecule has 34 heavy (non-hydrogen) atoms. The van der Waals surface area contributed by atoms with E-state index in [0.29, 0.717) is 23.0 Å². The minimum absolute atomic E-state index is 0.202. The van der Waals surface area contributed by atoms with Crippen LogP contribution in [-0.4, -0.2) is 28.0 Å². The third-order valence-corrected chi connectivity index (χ3v) is 5.68. The van der Waals surface area contributed by atoms with Gasteiger partial charge in [-0.2, -0.15) is 0 Å². The molecule has 3 aromatic carbocycles. The predicted octanol–water partition coefficient (Wildman–Crippen LogP) is 3.83. The molecule has 0 radical (unpaired) electrons. The Morgan fingerprint density at radius 1 is 1.03 bits per heavy atom. The van der Waals surface area contributed by atoms with E-state index in [-0.39, 0.29) is 12.5 Å². The number of hydrogen-bond donors (Lipinski definition) is 3. The zero-order valence-corrected chi connectivity index (χ0v) is 18.5. The molecule has 2 amide bonds. The molecular weight excluding hydrogens is 430 g/mol. The molecule has 0 saturated heterocycles. The Hall–Kier alpha value is -4.59. The molecule has 0 saturated carbocycles. The maximum atomic E-state index is 13.6. The number of carbonyl (C=O) groups is 2. The number of para-hydroxylation sites is 3. The molecule has 0 unspecified atom stereocenters. The van der Waals surface area contributed by atoms with Crippen molar-refractivity contribution in [3.05, 3.63) is 95.7 Å².